The third kappa shape index (κ3) is 2.99. The first-order valence-corrected chi connectivity index (χ1v) is 6.22. The smallest absolute Gasteiger partial charge is 0.120 e. The summed E-state index contributed by atoms with van der Waals surface area (Å²) in [6, 6.07) is 7.55. The predicted octanol–water partition coefficient (Wildman–Crippen LogP) is 2.25. The van der Waals surface area contributed by atoms with Gasteiger partial charge in [-0.15, -0.1) is 0 Å². The zero-order chi connectivity index (χ0) is 12.3. The Morgan fingerprint density at radius 2 is 2.18 bits per heavy atom. The van der Waals surface area contributed by atoms with Gasteiger partial charge in [-0.2, -0.15) is 0 Å². The summed E-state index contributed by atoms with van der Waals surface area (Å²) in [5.74, 6) is 1.01. The summed E-state index contributed by atoms with van der Waals surface area (Å²) in [6.45, 7) is 5.08. The molecule has 1 aliphatic heterocycles. The molecular formula is C14H21NO2. The summed E-state index contributed by atoms with van der Waals surface area (Å²) in [7, 11) is 1.78. The standard InChI is InChI=1S/C14H21NO2/c1-11-7-8-15(10-14(11)17-2)9-12-5-3-4-6-13(12)16/h3-6,11,14,16H,7-10H2,1-2H3. The number of hydrogen-bond acceptors (Lipinski definition) is 3. The van der Waals surface area contributed by atoms with Crippen LogP contribution in [0.1, 0.15) is 18.9 Å². The Labute approximate surface area is 103 Å². The first-order valence-electron chi connectivity index (χ1n) is 6.22. The number of methoxy groups -OCH3 is 1. The predicted molar refractivity (Wildman–Crippen MR) is 68.0 cm³/mol. The minimum Gasteiger partial charge on any atom is -0.508 e. The second kappa shape index (κ2) is 5.52. The lowest BCUT2D eigenvalue weighted by atomic mass is 9.95. The molecule has 1 fully saturated rings. The van der Waals surface area contributed by atoms with Gasteiger partial charge in [0.2, 0.25) is 0 Å². The minimum absolute atomic E-state index is 0.314. The van der Waals surface area contributed by atoms with Crippen molar-refractivity contribution in [1.29, 1.82) is 0 Å². The first kappa shape index (κ1) is 12.4. The minimum atomic E-state index is 0.314. The molecule has 0 radical (unpaired) electrons. The van der Waals surface area contributed by atoms with Gasteiger partial charge in [0.05, 0.1) is 6.10 Å². The van der Waals surface area contributed by atoms with E-state index in [1.807, 2.05) is 18.2 Å². The zero-order valence-electron chi connectivity index (χ0n) is 10.6. The SMILES string of the molecule is COC1CN(Cc2ccccc2O)CCC1C. The van der Waals surface area contributed by atoms with Gasteiger partial charge in [0.1, 0.15) is 5.75 Å². The molecule has 1 aromatic carbocycles. The Morgan fingerprint density at radius 1 is 1.41 bits per heavy atom. The Hall–Kier alpha value is -1.06. The zero-order valence-corrected chi connectivity index (χ0v) is 10.6. The lowest BCUT2D eigenvalue weighted by Gasteiger charge is -2.36. The monoisotopic (exact) mass is 235 g/mol. The van der Waals surface area contributed by atoms with Crippen molar-refractivity contribution in [2.24, 2.45) is 5.92 Å². The van der Waals surface area contributed by atoms with Crippen LogP contribution in [0.25, 0.3) is 0 Å². The van der Waals surface area contributed by atoms with E-state index in [0.29, 0.717) is 17.8 Å². The van der Waals surface area contributed by atoms with E-state index in [9.17, 15) is 5.11 Å². The molecule has 0 bridgehead atoms. The molecule has 2 rings (SSSR count). The molecule has 0 saturated carbocycles. The highest BCUT2D eigenvalue weighted by Crippen LogP contribution is 2.23. The number of rotatable bonds is 3. The third-order valence-electron chi connectivity index (χ3n) is 3.66. The number of piperidine rings is 1. The highest BCUT2D eigenvalue weighted by molar-refractivity contribution is 5.31. The lowest BCUT2D eigenvalue weighted by molar-refractivity contribution is -0.00762. The molecule has 1 aliphatic rings. The molecule has 3 heteroatoms. The van der Waals surface area contributed by atoms with Gasteiger partial charge in [0, 0.05) is 25.8 Å². The number of nitrogens with zero attached hydrogens (tertiary/aromatic N) is 1. The van der Waals surface area contributed by atoms with Crippen LogP contribution in [0.15, 0.2) is 24.3 Å². The van der Waals surface area contributed by atoms with Crippen LogP contribution in [0.2, 0.25) is 0 Å². The average molecular weight is 235 g/mol. The van der Waals surface area contributed by atoms with E-state index in [4.69, 9.17) is 4.74 Å². The largest absolute Gasteiger partial charge is 0.508 e. The molecule has 1 aromatic rings. The maximum absolute atomic E-state index is 9.76. The van der Waals surface area contributed by atoms with Crippen LogP contribution in [-0.2, 0) is 11.3 Å². The molecule has 1 saturated heterocycles. The van der Waals surface area contributed by atoms with E-state index < -0.39 is 0 Å². The maximum atomic E-state index is 9.76. The van der Waals surface area contributed by atoms with Gasteiger partial charge < -0.3 is 9.84 Å². The number of aromatic hydroxyl groups is 1. The van der Waals surface area contributed by atoms with Crippen molar-refractivity contribution in [3.63, 3.8) is 0 Å². The molecule has 94 valence electrons. The van der Waals surface area contributed by atoms with Crippen LogP contribution in [-0.4, -0.2) is 36.3 Å². The molecule has 17 heavy (non-hydrogen) atoms. The van der Waals surface area contributed by atoms with Crippen LogP contribution in [0.4, 0.5) is 0 Å². The number of hydrogen-bond donors (Lipinski definition) is 1. The molecule has 0 amide bonds. The summed E-state index contributed by atoms with van der Waals surface area (Å²) in [4.78, 5) is 2.35. The summed E-state index contributed by atoms with van der Waals surface area (Å²) in [5.41, 5.74) is 0.997. The number of phenols is 1. The fraction of sp³-hybridized carbons (Fsp3) is 0.571. The second-order valence-corrected chi connectivity index (χ2v) is 4.90. The number of likely N-dealkylation sites (tertiary alicyclic amines) is 1. The van der Waals surface area contributed by atoms with E-state index in [-0.39, 0.29) is 0 Å². The van der Waals surface area contributed by atoms with Gasteiger partial charge in [-0.25, -0.2) is 0 Å². The van der Waals surface area contributed by atoms with E-state index >= 15 is 0 Å². The number of benzene rings is 1. The molecule has 0 aromatic heterocycles. The van der Waals surface area contributed by atoms with Crippen LogP contribution in [0, 0.1) is 5.92 Å². The van der Waals surface area contributed by atoms with Crippen LogP contribution in [0.3, 0.4) is 0 Å². The van der Waals surface area contributed by atoms with Crippen molar-refractivity contribution in [2.45, 2.75) is 26.0 Å². The molecular weight excluding hydrogens is 214 g/mol. The van der Waals surface area contributed by atoms with Crippen molar-refractivity contribution in [2.75, 3.05) is 20.2 Å². The molecule has 3 nitrogen and oxygen atoms in total. The first-order chi connectivity index (χ1) is 8.20. The summed E-state index contributed by atoms with van der Waals surface area (Å²) in [5, 5.41) is 9.76. The number of para-hydroxylation sites is 1. The van der Waals surface area contributed by atoms with Gasteiger partial charge >= 0.3 is 0 Å². The maximum Gasteiger partial charge on any atom is 0.120 e. The Bertz CT molecular complexity index is 367. The van der Waals surface area contributed by atoms with Crippen molar-refractivity contribution < 1.29 is 9.84 Å². The van der Waals surface area contributed by atoms with E-state index in [0.717, 1.165) is 31.6 Å². The van der Waals surface area contributed by atoms with Crippen molar-refractivity contribution >= 4 is 0 Å². The Kier molecular flexibility index (Phi) is 4.02. The van der Waals surface area contributed by atoms with Gasteiger partial charge in [-0.05, 0) is 24.9 Å². The molecule has 2 unspecified atom stereocenters. The number of ether oxygens (including phenoxy) is 1. The highest BCUT2D eigenvalue weighted by Gasteiger charge is 2.26. The lowest BCUT2D eigenvalue weighted by Crippen LogP contribution is -2.43. The quantitative estimate of drug-likeness (QED) is 0.872. The van der Waals surface area contributed by atoms with Gasteiger partial charge in [-0.3, -0.25) is 4.90 Å². The topological polar surface area (TPSA) is 32.7 Å². The second-order valence-electron chi connectivity index (χ2n) is 4.90. The Balaban J connectivity index is 1.98. The normalized spacial score (nSPS) is 26.0. The van der Waals surface area contributed by atoms with E-state index in [2.05, 4.69) is 11.8 Å². The average Bonchev–Trinajstić information content (AvgIpc) is 2.34. The van der Waals surface area contributed by atoms with E-state index in [1.165, 1.54) is 0 Å². The van der Waals surface area contributed by atoms with Crippen LogP contribution >= 0.6 is 0 Å². The van der Waals surface area contributed by atoms with E-state index in [1.54, 1.807) is 13.2 Å². The Morgan fingerprint density at radius 3 is 2.88 bits per heavy atom. The van der Waals surface area contributed by atoms with Crippen LogP contribution < -0.4 is 0 Å². The molecule has 0 spiro atoms. The third-order valence-corrected chi connectivity index (χ3v) is 3.66. The molecule has 1 N–H and O–H groups in total. The fourth-order valence-electron chi connectivity index (χ4n) is 2.43. The molecule has 2 atom stereocenters. The molecule has 1 heterocycles. The summed E-state index contributed by atoms with van der Waals surface area (Å²) >= 11 is 0. The summed E-state index contributed by atoms with van der Waals surface area (Å²) < 4.78 is 5.50. The van der Waals surface area contributed by atoms with Crippen molar-refractivity contribution in [3.05, 3.63) is 29.8 Å². The number of phenolic OH excluding ortho intramolecular Hbond substituents is 1. The fourth-order valence-corrected chi connectivity index (χ4v) is 2.43. The summed E-state index contributed by atoms with van der Waals surface area (Å²) in [6.07, 6.45) is 1.47. The molecule has 0 aliphatic carbocycles. The van der Waals surface area contributed by atoms with Crippen molar-refractivity contribution in [3.8, 4) is 5.75 Å². The van der Waals surface area contributed by atoms with Crippen molar-refractivity contribution in [1.82, 2.24) is 4.90 Å². The van der Waals surface area contributed by atoms with Gasteiger partial charge in [0.15, 0.2) is 0 Å². The van der Waals surface area contributed by atoms with Gasteiger partial charge in [-0.1, -0.05) is 25.1 Å². The van der Waals surface area contributed by atoms with Crippen LogP contribution in [0.5, 0.6) is 5.75 Å². The van der Waals surface area contributed by atoms with Gasteiger partial charge in [0.25, 0.3) is 0 Å². The highest BCUT2D eigenvalue weighted by atomic mass is 16.5.